The van der Waals surface area contributed by atoms with Crippen LogP contribution in [0.25, 0.3) is 0 Å². The summed E-state index contributed by atoms with van der Waals surface area (Å²) in [4.78, 5) is 22.5. The number of hydrogen-bond donors (Lipinski definition) is 0. The topological polar surface area (TPSA) is 65.1 Å². The van der Waals surface area contributed by atoms with Crippen molar-refractivity contribution >= 4 is 5.69 Å². The van der Waals surface area contributed by atoms with E-state index in [1.807, 2.05) is 32.0 Å². The average Bonchev–Trinajstić information content (AvgIpc) is 2.37. The van der Waals surface area contributed by atoms with Gasteiger partial charge in [-0.2, -0.15) is 0 Å². The maximum atomic E-state index is 12.1. The van der Waals surface area contributed by atoms with Crippen LogP contribution in [0.1, 0.15) is 22.3 Å². The lowest BCUT2D eigenvalue weighted by molar-refractivity contribution is -0.385. The second-order valence-electron chi connectivity index (χ2n) is 5.00. The summed E-state index contributed by atoms with van der Waals surface area (Å²) in [5, 5.41) is 10.9. The van der Waals surface area contributed by atoms with E-state index < -0.39 is 4.92 Å². The van der Waals surface area contributed by atoms with Crippen LogP contribution in [-0.2, 0) is 6.54 Å². The van der Waals surface area contributed by atoms with Gasteiger partial charge in [-0.05, 0) is 31.9 Å². The molecule has 0 saturated carbocycles. The van der Waals surface area contributed by atoms with Gasteiger partial charge in [0.2, 0.25) is 0 Å². The van der Waals surface area contributed by atoms with E-state index in [4.69, 9.17) is 0 Å². The molecule has 0 atom stereocenters. The van der Waals surface area contributed by atoms with Gasteiger partial charge in [0.15, 0.2) is 0 Å². The van der Waals surface area contributed by atoms with Crippen molar-refractivity contribution in [2.24, 2.45) is 0 Å². The van der Waals surface area contributed by atoms with Crippen molar-refractivity contribution in [1.82, 2.24) is 4.57 Å². The number of nitrogens with zero attached hydrogens (tertiary/aromatic N) is 2. The third-order valence-corrected chi connectivity index (χ3v) is 3.30. The van der Waals surface area contributed by atoms with E-state index in [2.05, 4.69) is 0 Å². The summed E-state index contributed by atoms with van der Waals surface area (Å²) in [6.07, 6.45) is 1.30. The quantitative estimate of drug-likeness (QED) is 0.637. The van der Waals surface area contributed by atoms with Crippen molar-refractivity contribution in [3.05, 3.63) is 73.2 Å². The molecule has 0 spiro atoms. The number of rotatable bonds is 3. The minimum atomic E-state index is -0.481. The first-order valence-corrected chi connectivity index (χ1v) is 6.30. The highest BCUT2D eigenvalue weighted by Gasteiger charge is 2.12. The first-order valence-electron chi connectivity index (χ1n) is 6.30. The van der Waals surface area contributed by atoms with Crippen LogP contribution >= 0.6 is 0 Å². The van der Waals surface area contributed by atoms with Crippen molar-refractivity contribution in [3.8, 4) is 0 Å². The van der Waals surface area contributed by atoms with Gasteiger partial charge in [-0.25, -0.2) is 0 Å². The second kappa shape index (κ2) is 5.28. The Morgan fingerprint density at radius 3 is 2.45 bits per heavy atom. The van der Waals surface area contributed by atoms with E-state index in [-0.39, 0.29) is 11.2 Å². The molecule has 1 aromatic heterocycles. The molecule has 104 valence electrons. The van der Waals surface area contributed by atoms with Crippen molar-refractivity contribution in [3.63, 3.8) is 0 Å². The molecule has 2 rings (SSSR count). The fourth-order valence-corrected chi connectivity index (χ4v) is 2.19. The van der Waals surface area contributed by atoms with Crippen LogP contribution in [0.3, 0.4) is 0 Å². The molecule has 0 radical (unpaired) electrons. The second-order valence-corrected chi connectivity index (χ2v) is 5.00. The Balaban J connectivity index is 2.47. The summed E-state index contributed by atoms with van der Waals surface area (Å²) in [6.45, 7) is 5.90. The standard InChI is InChI=1S/C15H16N2O3/c1-10-4-5-13(11(2)6-10)8-16-9-14(17(19)20)7-12(3)15(16)18/h4-7,9H,8H2,1-3H3. The van der Waals surface area contributed by atoms with Gasteiger partial charge < -0.3 is 4.57 Å². The fourth-order valence-electron chi connectivity index (χ4n) is 2.19. The van der Waals surface area contributed by atoms with Gasteiger partial charge in [-0.15, -0.1) is 0 Å². The molecule has 0 fully saturated rings. The predicted octanol–water partition coefficient (Wildman–Crippen LogP) is 2.73. The van der Waals surface area contributed by atoms with E-state index in [1.54, 1.807) is 6.92 Å². The van der Waals surface area contributed by atoms with Crippen LogP contribution in [0, 0.1) is 30.9 Å². The molecular weight excluding hydrogens is 256 g/mol. The largest absolute Gasteiger partial charge is 0.304 e. The highest BCUT2D eigenvalue weighted by molar-refractivity contribution is 5.33. The van der Waals surface area contributed by atoms with Crippen molar-refractivity contribution < 1.29 is 4.92 Å². The highest BCUT2D eigenvalue weighted by atomic mass is 16.6. The molecule has 0 N–H and O–H groups in total. The molecule has 5 nitrogen and oxygen atoms in total. The number of aryl methyl sites for hydroxylation is 3. The first kappa shape index (κ1) is 14.0. The smallest absolute Gasteiger partial charge is 0.286 e. The van der Waals surface area contributed by atoms with Crippen molar-refractivity contribution in [2.45, 2.75) is 27.3 Å². The highest BCUT2D eigenvalue weighted by Crippen LogP contribution is 2.14. The van der Waals surface area contributed by atoms with Gasteiger partial charge in [0.25, 0.3) is 11.2 Å². The van der Waals surface area contributed by atoms with Gasteiger partial charge in [-0.3, -0.25) is 14.9 Å². The van der Waals surface area contributed by atoms with Crippen LogP contribution in [0.2, 0.25) is 0 Å². The molecule has 0 unspecified atom stereocenters. The zero-order valence-corrected chi connectivity index (χ0v) is 11.7. The minimum absolute atomic E-state index is 0.0631. The molecule has 0 bridgehead atoms. The third kappa shape index (κ3) is 2.77. The Morgan fingerprint density at radius 1 is 1.15 bits per heavy atom. The normalized spacial score (nSPS) is 10.6. The summed E-state index contributed by atoms with van der Waals surface area (Å²) in [5.74, 6) is 0. The zero-order chi connectivity index (χ0) is 14.9. The van der Waals surface area contributed by atoms with E-state index >= 15 is 0 Å². The number of hydrogen-bond acceptors (Lipinski definition) is 3. The SMILES string of the molecule is Cc1ccc(Cn2cc([N+](=O)[O-])cc(C)c2=O)c(C)c1. The number of aromatic nitrogens is 1. The molecule has 1 aromatic carbocycles. The third-order valence-electron chi connectivity index (χ3n) is 3.30. The summed E-state index contributed by atoms with van der Waals surface area (Å²) >= 11 is 0. The predicted molar refractivity (Wildman–Crippen MR) is 77.1 cm³/mol. The summed E-state index contributed by atoms with van der Waals surface area (Å²) in [6, 6.07) is 7.26. The van der Waals surface area contributed by atoms with E-state index in [0.717, 1.165) is 16.7 Å². The Morgan fingerprint density at radius 2 is 1.85 bits per heavy atom. The van der Waals surface area contributed by atoms with Gasteiger partial charge in [0.1, 0.15) is 0 Å². The molecule has 0 aliphatic rings. The van der Waals surface area contributed by atoms with Gasteiger partial charge in [0, 0.05) is 11.6 Å². The number of nitro groups is 1. The average molecular weight is 272 g/mol. The molecule has 0 saturated heterocycles. The van der Waals surface area contributed by atoms with Gasteiger partial charge in [-0.1, -0.05) is 23.8 Å². The van der Waals surface area contributed by atoms with Gasteiger partial charge in [0.05, 0.1) is 17.7 Å². The van der Waals surface area contributed by atoms with E-state index in [9.17, 15) is 14.9 Å². The molecule has 1 heterocycles. The van der Waals surface area contributed by atoms with E-state index in [1.165, 1.54) is 16.8 Å². The molecule has 0 aliphatic heterocycles. The lowest BCUT2D eigenvalue weighted by atomic mass is 10.1. The van der Waals surface area contributed by atoms with Crippen LogP contribution in [0.5, 0.6) is 0 Å². The van der Waals surface area contributed by atoms with Crippen molar-refractivity contribution in [2.75, 3.05) is 0 Å². The van der Waals surface area contributed by atoms with Crippen LogP contribution in [0.15, 0.2) is 35.3 Å². The maximum absolute atomic E-state index is 12.1. The molecule has 5 heteroatoms. The minimum Gasteiger partial charge on any atom is -0.304 e. The van der Waals surface area contributed by atoms with Crippen LogP contribution < -0.4 is 5.56 Å². The van der Waals surface area contributed by atoms with Crippen LogP contribution in [0.4, 0.5) is 5.69 Å². The van der Waals surface area contributed by atoms with Gasteiger partial charge >= 0.3 is 0 Å². The molecule has 20 heavy (non-hydrogen) atoms. The van der Waals surface area contributed by atoms with Crippen LogP contribution in [-0.4, -0.2) is 9.49 Å². The maximum Gasteiger partial charge on any atom is 0.286 e. The monoisotopic (exact) mass is 272 g/mol. The molecular formula is C15H16N2O3. The number of pyridine rings is 1. The molecule has 0 amide bonds. The number of benzene rings is 1. The summed E-state index contributed by atoms with van der Waals surface area (Å²) < 4.78 is 1.39. The van der Waals surface area contributed by atoms with Crippen molar-refractivity contribution in [1.29, 1.82) is 0 Å². The molecule has 2 aromatic rings. The lowest BCUT2D eigenvalue weighted by Gasteiger charge is -2.10. The summed E-state index contributed by atoms with van der Waals surface area (Å²) in [5.41, 5.74) is 3.32. The molecule has 0 aliphatic carbocycles. The Hall–Kier alpha value is -2.43. The fraction of sp³-hybridized carbons (Fsp3) is 0.267. The Kier molecular flexibility index (Phi) is 3.70. The Bertz CT molecular complexity index is 732. The lowest BCUT2D eigenvalue weighted by Crippen LogP contribution is -2.23. The Labute approximate surface area is 116 Å². The first-order chi connectivity index (χ1) is 9.38. The van der Waals surface area contributed by atoms with E-state index in [0.29, 0.717) is 12.1 Å². The summed E-state index contributed by atoms with van der Waals surface area (Å²) in [7, 11) is 0. The zero-order valence-electron chi connectivity index (χ0n) is 11.7.